The number of rotatable bonds is 6. The van der Waals surface area contributed by atoms with Gasteiger partial charge in [0.2, 0.25) is 10.0 Å². The molecule has 114 valence electrons. The number of nitrogens with one attached hydrogen (secondary N) is 1. The summed E-state index contributed by atoms with van der Waals surface area (Å²) in [6, 6.07) is 6.53. The molecule has 0 unspecified atom stereocenters. The van der Waals surface area contributed by atoms with Crippen LogP contribution in [-0.4, -0.2) is 24.7 Å². The molecule has 2 aromatic rings. The van der Waals surface area contributed by atoms with Crippen molar-refractivity contribution in [2.75, 3.05) is 6.54 Å². The standard InChI is InChI=1S/C13H17ClN4O2S/c1-18-11(4-6-16-18)5-7-17-21(19,20)13-3-2-10(9-15)8-12(13)14/h2-4,6,8,17H,5,7,9,15H2,1H3. The third kappa shape index (κ3) is 3.82. The van der Waals surface area contributed by atoms with Gasteiger partial charge in [0.05, 0.1) is 5.02 Å². The van der Waals surface area contributed by atoms with E-state index in [1.807, 2.05) is 13.1 Å². The van der Waals surface area contributed by atoms with Crippen molar-refractivity contribution in [1.29, 1.82) is 0 Å². The molecular formula is C13H17ClN4O2S. The van der Waals surface area contributed by atoms with Gasteiger partial charge >= 0.3 is 0 Å². The first-order chi connectivity index (χ1) is 9.94. The molecule has 0 amide bonds. The van der Waals surface area contributed by atoms with Gasteiger partial charge in [-0.2, -0.15) is 5.10 Å². The first kappa shape index (κ1) is 16.0. The van der Waals surface area contributed by atoms with Crippen molar-refractivity contribution in [3.05, 3.63) is 46.7 Å². The molecule has 0 saturated carbocycles. The molecule has 0 aliphatic carbocycles. The van der Waals surface area contributed by atoms with Gasteiger partial charge in [-0.25, -0.2) is 13.1 Å². The van der Waals surface area contributed by atoms with E-state index in [1.165, 1.54) is 6.07 Å². The van der Waals surface area contributed by atoms with Crippen LogP contribution in [0.25, 0.3) is 0 Å². The smallest absolute Gasteiger partial charge is 0.242 e. The number of aromatic nitrogens is 2. The topological polar surface area (TPSA) is 90.0 Å². The number of aryl methyl sites for hydroxylation is 1. The molecule has 3 N–H and O–H groups in total. The molecule has 0 spiro atoms. The van der Waals surface area contributed by atoms with E-state index < -0.39 is 10.0 Å². The highest BCUT2D eigenvalue weighted by Gasteiger charge is 2.17. The molecule has 21 heavy (non-hydrogen) atoms. The van der Waals surface area contributed by atoms with Crippen molar-refractivity contribution in [1.82, 2.24) is 14.5 Å². The van der Waals surface area contributed by atoms with E-state index in [1.54, 1.807) is 23.0 Å². The molecule has 0 atom stereocenters. The van der Waals surface area contributed by atoms with Crippen molar-refractivity contribution >= 4 is 21.6 Å². The molecule has 8 heteroatoms. The molecule has 0 radical (unpaired) electrons. The van der Waals surface area contributed by atoms with Crippen molar-refractivity contribution < 1.29 is 8.42 Å². The Balaban J connectivity index is 2.06. The van der Waals surface area contributed by atoms with Crippen LogP contribution in [-0.2, 0) is 30.0 Å². The van der Waals surface area contributed by atoms with Gasteiger partial charge in [-0.15, -0.1) is 0 Å². The fraction of sp³-hybridized carbons (Fsp3) is 0.308. The minimum atomic E-state index is -3.63. The molecule has 0 fully saturated rings. The Bertz CT molecular complexity index is 728. The lowest BCUT2D eigenvalue weighted by Crippen LogP contribution is -2.26. The second-order valence-corrected chi connectivity index (χ2v) is 6.71. The van der Waals surface area contributed by atoms with Gasteiger partial charge in [0, 0.05) is 38.4 Å². The predicted molar refractivity (Wildman–Crippen MR) is 81.4 cm³/mol. The van der Waals surface area contributed by atoms with E-state index in [2.05, 4.69) is 9.82 Å². The van der Waals surface area contributed by atoms with Crippen LogP contribution in [0.5, 0.6) is 0 Å². The molecule has 0 aliphatic heterocycles. The zero-order valence-electron chi connectivity index (χ0n) is 11.6. The quantitative estimate of drug-likeness (QED) is 0.829. The summed E-state index contributed by atoms with van der Waals surface area (Å²) in [6.07, 6.45) is 2.22. The van der Waals surface area contributed by atoms with E-state index in [4.69, 9.17) is 17.3 Å². The van der Waals surface area contributed by atoms with Crippen LogP contribution in [0.1, 0.15) is 11.3 Å². The lowest BCUT2D eigenvalue weighted by Gasteiger charge is -2.09. The van der Waals surface area contributed by atoms with Gasteiger partial charge in [0.25, 0.3) is 0 Å². The normalized spacial score (nSPS) is 11.8. The van der Waals surface area contributed by atoms with Crippen molar-refractivity contribution in [2.45, 2.75) is 17.9 Å². The lowest BCUT2D eigenvalue weighted by atomic mass is 10.2. The number of hydrogen-bond donors (Lipinski definition) is 2. The van der Waals surface area contributed by atoms with Crippen LogP contribution in [0.2, 0.25) is 5.02 Å². The molecule has 1 heterocycles. The maximum atomic E-state index is 12.2. The minimum absolute atomic E-state index is 0.0615. The predicted octanol–water partition coefficient (Wildman–Crippen LogP) is 1.05. The molecule has 0 saturated heterocycles. The summed E-state index contributed by atoms with van der Waals surface area (Å²) in [7, 11) is -1.82. The van der Waals surface area contributed by atoms with E-state index in [9.17, 15) is 8.42 Å². The molecule has 1 aromatic carbocycles. The second kappa shape index (κ2) is 6.57. The molecule has 2 rings (SSSR count). The SMILES string of the molecule is Cn1nccc1CCNS(=O)(=O)c1ccc(CN)cc1Cl. The number of sulfonamides is 1. The summed E-state index contributed by atoms with van der Waals surface area (Å²) in [5.74, 6) is 0. The fourth-order valence-corrected chi connectivity index (χ4v) is 3.52. The van der Waals surface area contributed by atoms with Gasteiger partial charge < -0.3 is 5.73 Å². The number of halogens is 1. The summed E-state index contributed by atoms with van der Waals surface area (Å²) in [6.45, 7) is 0.588. The third-order valence-electron chi connectivity index (χ3n) is 3.12. The Labute approximate surface area is 129 Å². The summed E-state index contributed by atoms with van der Waals surface area (Å²) in [5.41, 5.74) is 7.23. The first-order valence-corrected chi connectivity index (χ1v) is 8.25. The Hall–Kier alpha value is -1.41. The van der Waals surface area contributed by atoms with Crippen LogP contribution in [0, 0.1) is 0 Å². The van der Waals surface area contributed by atoms with Gasteiger partial charge in [0.1, 0.15) is 4.90 Å². The van der Waals surface area contributed by atoms with Gasteiger partial charge in [0.15, 0.2) is 0 Å². The molecule has 1 aromatic heterocycles. The number of hydrogen-bond acceptors (Lipinski definition) is 4. The largest absolute Gasteiger partial charge is 0.326 e. The monoisotopic (exact) mass is 328 g/mol. The number of nitrogens with two attached hydrogens (primary N) is 1. The third-order valence-corrected chi connectivity index (χ3v) is 5.06. The average molecular weight is 329 g/mol. The highest BCUT2D eigenvalue weighted by molar-refractivity contribution is 7.89. The number of nitrogens with zero attached hydrogens (tertiary/aromatic N) is 2. The summed E-state index contributed by atoms with van der Waals surface area (Å²) >= 11 is 6.01. The highest BCUT2D eigenvalue weighted by atomic mass is 35.5. The second-order valence-electron chi connectivity index (χ2n) is 4.56. The fourth-order valence-electron chi connectivity index (χ4n) is 1.93. The Kier molecular flexibility index (Phi) is 5.00. The van der Waals surface area contributed by atoms with Gasteiger partial charge in [-0.05, 0) is 23.8 Å². The summed E-state index contributed by atoms with van der Waals surface area (Å²) in [4.78, 5) is 0.0615. The molecule has 0 bridgehead atoms. The zero-order chi connectivity index (χ0) is 15.5. The zero-order valence-corrected chi connectivity index (χ0v) is 13.2. The highest BCUT2D eigenvalue weighted by Crippen LogP contribution is 2.22. The Morgan fingerprint density at radius 1 is 1.38 bits per heavy atom. The average Bonchev–Trinajstić information content (AvgIpc) is 2.83. The molecule has 0 aliphatic rings. The van der Waals surface area contributed by atoms with Gasteiger partial charge in [-0.1, -0.05) is 17.7 Å². The van der Waals surface area contributed by atoms with Crippen LogP contribution in [0.15, 0.2) is 35.4 Å². The van der Waals surface area contributed by atoms with Crippen molar-refractivity contribution in [3.63, 3.8) is 0 Å². The lowest BCUT2D eigenvalue weighted by molar-refractivity contribution is 0.579. The molecule has 6 nitrogen and oxygen atoms in total. The number of benzene rings is 1. The van der Waals surface area contributed by atoms with E-state index in [0.29, 0.717) is 13.0 Å². The van der Waals surface area contributed by atoms with E-state index in [-0.39, 0.29) is 16.5 Å². The minimum Gasteiger partial charge on any atom is -0.326 e. The van der Waals surface area contributed by atoms with Crippen LogP contribution in [0.4, 0.5) is 0 Å². The van der Waals surface area contributed by atoms with E-state index in [0.717, 1.165) is 11.3 Å². The van der Waals surface area contributed by atoms with Crippen molar-refractivity contribution in [3.8, 4) is 0 Å². The van der Waals surface area contributed by atoms with Gasteiger partial charge in [-0.3, -0.25) is 4.68 Å². The maximum Gasteiger partial charge on any atom is 0.242 e. The van der Waals surface area contributed by atoms with Crippen LogP contribution < -0.4 is 10.5 Å². The van der Waals surface area contributed by atoms with Crippen LogP contribution >= 0.6 is 11.6 Å². The van der Waals surface area contributed by atoms with Crippen molar-refractivity contribution in [2.24, 2.45) is 12.8 Å². The summed E-state index contributed by atoms with van der Waals surface area (Å²) in [5, 5.41) is 4.20. The summed E-state index contributed by atoms with van der Waals surface area (Å²) < 4.78 is 28.7. The maximum absolute atomic E-state index is 12.2. The Morgan fingerprint density at radius 2 is 2.14 bits per heavy atom. The first-order valence-electron chi connectivity index (χ1n) is 6.39. The van der Waals surface area contributed by atoms with Crippen LogP contribution in [0.3, 0.4) is 0 Å². The molecular weight excluding hydrogens is 312 g/mol. The Morgan fingerprint density at radius 3 is 2.71 bits per heavy atom. The van der Waals surface area contributed by atoms with E-state index >= 15 is 0 Å².